The Kier molecular flexibility index (Phi) is 3.11. The Bertz CT molecular complexity index is 205. The maximum Gasteiger partial charge on any atom is 0.244 e. The number of unbranched alkanes of at least 4 members (excludes halogenated alkanes) is 1. The van der Waals surface area contributed by atoms with E-state index in [1.807, 2.05) is 17.1 Å². The second kappa shape index (κ2) is 4.13. The Balaban J connectivity index is 2.44. The van der Waals surface area contributed by atoms with E-state index in [1.165, 1.54) is 12.8 Å². The Morgan fingerprint density at radius 2 is 2.36 bits per heavy atom. The van der Waals surface area contributed by atoms with Crippen LogP contribution in [0, 0.1) is 0 Å². The van der Waals surface area contributed by atoms with Gasteiger partial charge in [0.15, 0.2) is 0 Å². The molecule has 3 heteroatoms. The zero-order valence-corrected chi connectivity index (χ0v) is 7.03. The molecular weight excluding hydrogens is 138 g/mol. The lowest BCUT2D eigenvalue weighted by Crippen LogP contribution is -2.35. The van der Waals surface area contributed by atoms with Gasteiger partial charge in [0.1, 0.15) is 19.1 Å². The van der Waals surface area contributed by atoms with Gasteiger partial charge in [-0.2, -0.15) is 0 Å². The van der Waals surface area contributed by atoms with Gasteiger partial charge in [-0.15, -0.1) is 0 Å². The number of rotatable bonds is 4. The van der Waals surface area contributed by atoms with Gasteiger partial charge < -0.3 is 0 Å². The number of nitrogens with zero attached hydrogens (tertiary/aromatic N) is 2. The van der Waals surface area contributed by atoms with Crippen LogP contribution < -0.4 is 10.3 Å². The molecule has 2 N–H and O–H groups in total. The molecule has 0 unspecified atom stereocenters. The fraction of sp³-hybridized carbons (Fsp3) is 0.625. The van der Waals surface area contributed by atoms with Gasteiger partial charge in [0.2, 0.25) is 6.33 Å². The average Bonchev–Trinajstić information content (AvgIpc) is 2.48. The standard InChI is InChI=1S/C8H16N3/c1-2-3-4-10-5-6-11(7-9)8-10/h5-6,8H,2-4,7,9H2,1H3/q+1. The molecule has 0 atom stereocenters. The molecule has 62 valence electrons. The number of hydrogen-bond donors (Lipinski definition) is 1. The molecule has 0 saturated heterocycles. The summed E-state index contributed by atoms with van der Waals surface area (Å²) < 4.78 is 4.13. The summed E-state index contributed by atoms with van der Waals surface area (Å²) in [5.74, 6) is 0. The van der Waals surface area contributed by atoms with Crippen LogP contribution in [-0.2, 0) is 13.2 Å². The summed E-state index contributed by atoms with van der Waals surface area (Å²) in [6, 6.07) is 0. The minimum Gasteiger partial charge on any atom is -0.295 e. The van der Waals surface area contributed by atoms with E-state index >= 15 is 0 Å². The van der Waals surface area contributed by atoms with Crippen molar-refractivity contribution in [2.45, 2.75) is 33.0 Å². The molecule has 0 saturated carbocycles. The van der Waals surface area contributed by atoms with Crippen LogP contribution in [0.2, 0.25) is 0 Å². The normalized spacial score (nSPS) is 10.4. The smallest absolute Gasteiger partial charge is 0.244 e. The highest BCUT2D eigenvalue weighted by Crippen LogP contribution is 1.92. The fourth-order valence-corrected chi connectivity index (χ4v) is 1.02. The van der Waals surface area contributed by atoms with Gasteiger partial charge in [-0.25, -0.2) is 9.13 Å². The molecule has 1 heterocycles. The molecule has 11 heavy (non-hydrogen) atoms. The first-order valence-electron chi connectivity index (χ1n) is 4.11. The molecule has 1 rings (SSSR count). The van der Waals surface area contributed by atoms with Crippen LogP contribution in [0.15, 0.2) is 18.7 Å². The van der Waals surface area contributed by atoms with E-state index < -0.39 is 0 Å². The second-order valence-electron chi connectivity index (χ2n) is 2.70. The SMILES string of the molecule is CCCCn1cc[n+](CN)c1. The molecule has 0 aromatic carbocycles. The maximum absolute atomic E-state index is 5.44. The van der Waals surface area contributed by atoms with Crippen molar-refractivity contribution in [3.63, 3.8) is 0 Å². The predicted molar refractivity (Wildman–Crippen MR) is 43.7 cm³/mol. The number of nitrogens with two attached hydrogens (primary N) is 1. The zero-order valence-electron chi connectivity index (χ0n) is 7.03. The summed E-state index contributed by atoms with van der Waals surface area (Å²) in [4.78, 5) is 0. The van der Waals surface area contributed by atoms with E-state index in [9.17, 15) is 0 Å². The lowest BCUT2D eigenvalue weighted by atomic mass is 10.3. The van der Waals surface area contributed by atoms with Crippen molar-refractivity contribution in [1.29, 1.82) is 0 Å². The first-order chi connectivity index (χ1) is 5.36. The van der Waals surface area contributed by atoms with E-state index in [0.29, 0.717) is 6.67 Å². The molecule has 0 amide bonds. The minimum atomic E-state index is 0.569. The van der Waals surface area contributed by atoms with Crippen molar-refractivity contribution in [2.24, 2.45) is 5.73 Å². The summed E-state index contributed by atoms with van der Waals surface area (Å²) in [7, 11) is 0. The van der Waals surface area contributed by atoms with Crippen LogP contribution in [0.25, 0.3) is 0 Å². The van der Waals surface area contributed by atoms with Crippen LogP contribution in [0.5, 0.6) is 0 Å². The van der Waals surface area contributed by atoms with Crippen molar-refractivity contribution >= 4 is 0 Å². The molecule has 0 bridgehead atoms. The molecule has 0 aliphatic carbocycles. The van der Waals surface area contributed by atoms with Crippen molar-refractivity contribution < 1.29 is 4.57 Å². The number of aryl methyl sites for hydroxylation is 1. The highest BCUT2D eigenvalue weighted by atomic mass is 15.1. The summed E-state index contributed by atoms with van der Waals surface area (Å²) >= 11 is 0. The molecule has 1 aromatic rings. The minimum absolute atomic E-state index is 0.569. The van der Waals surface area contributed by atoms with Crippen LogP contribution in [0.4, 0.5) is 0 Å². The van der Waals surface area contributed by atoms with Gasteiger partial charge in [0.05, 0.1) is 6.54 Å². The summed E-state index contributed by atoms with van der Waals surface area (Å²) in [6.07, 6.45) is 8.56. The van der Waals surface area contributed by atoms with Gasteiger partial charge in [0.25, 0.3) is 0 Å². The van der Waals surface area contributed by atoms with Crippen LogP contribution >= 0.6 is 0 Å². The Morgan fingerprint density at radius 3 is 2.91 bits per heavy atom. The quantitative estimate of drug-likeness (QED) is 0.629. The highest BCUT2D eigenvalue weighted by molar-refractivity contribution is 4.65. The average molecular weight is 154 g/mol. The first kappa shape index (κ1) is 8.27. The third kappa shape index (κ3) is 2.35. The molecule has 0 aliphatic heterocycles. The predicted octanol–water partition coefficient (Wildman–Crippen LogP) is 0.492. The van der Waals surface area contributed by atoms with E-state index in [2.05, 4.69) is 17.7 Å². The summed E-state index contributed by atoms with van der Waals surface area (Å²) in [6.45, 7) is 3.86. The third-order valence-electron chi connectivity index (χ3n) is 1.73. The van der Waals surface area contributed by atoms with Gasteiger partial charge >= 0.3 is 0 Å². The lowest BCUT2D eigenvalue weighted by molar-refractivity contribution is -0.695. The Hall–Kier alpha value is -0.830. The van der Waals surface area contributed by atoms with E-state index in [1.54, 1.807) is 0 Å². The molecule has 1 aromatic heterocycles. The van der Waals surface area contributed by atoms with Gasteiger partial charge in [-0.05, 0) is 6.42 Å². The van der Waals surface area contributed by atoms with Crippen LogP contribution in [0.1, 0.15) is 19.8 Å². The fourth-order valence-electron chi connectivity index (χ4n) is 1.02. The van der Waals surface area contributed by atoms with E-state index in [0.717, 1.165) is 6.54 Å². The maximum atomic E-state index is 5.44. The van der Waals surface area contributed by atoms with Crippen molar-refractivity contribution in [3.8, 4) is 0 Å². The monoisotopic (exact) mass is 154 g/mol. The molecule has 3 nitrogen and oxygen atoms in total. The lowest BCUT2D eigenvalue weighted by Gasteiger charge is -1.91. The third-order valence-corrected chi connectivity index (χ3v) is 1.73. The van der Waals surface area contributed by atoms with Crippen molar-refractivity contribution in [2.75, 3.05) is 0 Å². The molecule has 0 radical (unpaired) electrons. The summed E-state index contributed by atoms with van der Waals surface area (Å²) in [5.41, 5.74) is 5.44. The number of aromatic nitrogens is 2. The number of hydrogen-bond acceptors (Lipinski definition) is 1. The van der Waals surface area contributed by atoms with Gasteiger partial charge in [-0.1, -0.05) is 13.3 Å². The van der Waals surface area contributed by atoms with Crippen molar-refractivity contribution in [1.82, 2.24) is 4.57 Å². The molecule has 0 spiro atoms. The van der Waals surface area contributed by atoms with E-state index in [-0.39, 0.29) is 0 Å². The number of imidazole rings is 1. The zero-order chi connectivity index (χ0) is 8.10. The highest BCUT2D eigenvalue weighted by Gasteiger charge is 1.99. The van der Waals surface area contributed by atoms with Crippen LogP contribution in [-0.4, -0.2) is 4.57 Å². The van der Waals surface area contributed by atoms with Gasteiger partial charge in [-0.3, -0.25) is 5.73 Å². The topological polar surface area (TPSA) is 34.8 Å². The van der Waals surface area contributed by atoms with Crippen LogP contribution in [0.3, 0.4) is 0 Å². The van der Waals surface area contributed by atoms with Crippen molar-refractivity contribution in [3.05, 3.63) is 18.7 Å². The Morgan fingerprint density at radius 1 is 1.55 bits per heavy atom. The molecule has 0 fully saturated rings. The summed E-state index contributed by atoms with van der Waals surface area (Å²) in [5, 5.41) is 0. The Labute approximate surface area is 67.4 Å². The molecule has 0 aliphatic rings. The van der Waals surface area contributed by atoms with Gasteiger partial charge in [0, 0.05) is 0 Å². The van der Waals surface area contributed by atoms with E-state index in [4.69, 9.17) is 5.73 Å². The molecular formula is C8H16N3+. The second-order valence-corrected chi connectivity index (χ2v) is 2.70. The largest absolute Gasteiger partial charge is 0.295 e. The first-order valence-corrected chi connectivity index (χ1v) is 4.11.